The van der Waals surface area contributed by atoms with E-state index in [1.807, 2.05) is 0 Å². The molecule has 0 atom stereocenters. The van der Waals surface area contributed by atoms with E-state index >= 15 is 0 Å². The summed E-state index contributed by atoms with van der Waals surface area (Å²) in [6, 6.07) is 0.840. The molecule has 0 amide bonds. The molecule has 2 aliphatic heterocycles. The number of nitrogens with zero attached hydrogens (tertiary/aromatic N) is 3. The van der Waals surface area contributed by atoms with Gasteiger partial charge < -0.3 is 14.7 Å². The highest BCUT2D eigenvalue weighted by atomic mass is 15.2. The minimum absolute atomic E-state index is 0.840. The third kappa shape index (κ3) is 4.44. The van der Waals surface area contributed by atoms with Crippen LogP contribution in [0.4, 0.5) is 0 Å². The quantitative estimate of drug-likeness (QED) is 0.755. The number of piperidine rings is 2. The molecule has 3 nitrogen and oxygen atoms in total. The zero-order valence-corrected chi connectivity index (χ0v) is 13.3. The van der Waals surface area contributed by atoms with Gasteiger partial charge in [-0.05, 0) is 77.9 Å². The van der Waals surface area contributed by atoms with Gasteiger partial charge in [0.2, 0.25) is 0 Å². The lowest BCUT2D eigenvalue weighted by Gasteiger charge is -2.39. The smallest absolute Gasteiger partial charge is 0.0117 e. The maximum atomic E-state index is 2.67. The molecule has 0 aromatic carbocycles. The summed E-state index contributed by atoms with van der Waals surface area (Å²) in [6.07, 6.45) is 5.56. The highest BCUT2D eigenvalue weighted by Crippen LogP contribution is 2.21. The van der Waals surface area contributed by atoms with Crippen LogP contribution in [0.15, 0.2) is 0 Å². The van der Waals surface area contributed by atoms with E-state index < -0.39 is 0 Å². The molecule has 0 aliphatic carbocycles. The Morgan fingerprint density at radius 1 is 0.842 bits per heavy atom. The van der Waals surface area contributed by atoms with Crippen LogP contribution >= 0.6 is 0 Å². The first-order valence-corrected chi connectivity index (χ1v) is 8.37. The van der Waals surface area contributed by atoms with Crippen molar-refractivity contribution in [2.75, 3.05) is 52.9 Å². The van der Waals surface area contributed by atoms with Crippen molar-refractivity contribution in [1.82, 2.24) is 14.7 Å². The Morgan fingerprint density at radius 2 is 1.32 bits per heavy atom. The number of rotatable bonds is 5. The highest BCUT2D eigenvalue weighted by Gasteiger charge is 2.25. The second kappa shape index (κ2) is 7.61. The van der Waals surface area contributed by atoms with Gasteiger partial charge in [-0.2, -0.15) is 0 Å². The molecule has 2 saturated heterocycles. The summed E-state index contributed by atoms with van der Waals surface area (Å²) >= 11 is 0. The van der Waals surface area contributed by atoms with Gasteiger partial charge in [0.05, 0.1) is 0 Å². The van der Waals surface area contributed by atoms with Crippen molar-refractivity contribution in [3.05, 3.63) is 0 Å². The molecule has 2 heterocycles. The first-order chi connectivity index (χ1) is 9.22. The first kappa shape index (κ1) is 15.3. The predicted octanol–water partition coefficient (Wildman–Crippen LogP) is 2.13. The Morgan fingerprint density at radius 3 is 1.79 bits per heavy atom. The summed E-state index contributed by atoms with van der Waals surface area (Å²) in [5, 5.41) is 0. The maximum absolute atomic E-state index is 2.67. The van der Waals surface area contributed by atoms with E-state index in [1.165, 1.54) is 71.5 Å². The minimum Gasteiger partial charge on any atom is -0.304 e. The Labute approximate surface area is 119 Å². The van der Waals surface area contributed by atoms with Crippen LogP contribution in [0.3, 0.4) is 0 Å². The van der Waals surface area contributed by atoms with E-state index in [2.05, 4.69) is 35.6 Å². The summed E-state index contributed by atoms with van der Waals surface area (Å²) < 4.78 is 0. The first-order valence-electron chi connectivity index (χ1n) is 8.37. The van der Waals surface area contributed by atoms with Gasteiger partial charge in [-0.3, -0.25) is 0 Å². The fourth-order valence-corrected chi connectivity index (χ4v) is 3.72. The lowest BCUT2D eigenvalue weighted by molar-refractivity contribution is 0.0982. The van der Waals surface area contributed by atoms with Crippen molar-refractivity contribution < 1.29 is 0 Å². The van der Waals surface area contributed by atoms with Gasteiger partial charge >= 0.3 is 0 Å². The van der Waals surface area contributed by atoms with E-state index in [9.17, 15) is 0 Å². The lowest BCUT2D eigenvalue weighted by Crippen LogP contribution is -2.46. The van der Waals surface area contributed by atoms with Crippen molar-refractivity contribution >= 4 is 0 Å². The predicted molar refractivity (Wildman–Crippen MR) is 82.6 cm³/mol. The largest absolute Gasteiger partial charge is 0.304 e. The van der Waals surface area contributed by atoms with Gasteiger partial charge in [-0.15, -0.1) is 0 Å². The minimum atomic E-state index is 0.840. The molecule has 2 fully saturated rings. The standard InChI is InChI=1S/C16H33N3/c1-4-18-10-6-15(7-11-18)14-17(3)16-8-12-19(5-2)13-9-16/h15-16H,4-14H2,1-3H3. The number of likely N-dealkylation sites (tertiary alicyclic amines) is 2. The van der Waals surface area contributed by atoms with Crippen molar-refractivity contribution in [2.45, 2.75) is 45.6 Å². The molecule has 19 heavy (non-hydrogen) atoms. The SMILES string of the molecule is CCN1CCC(CN(C)C2CCN(CC)CC2)CC1. The normalized spacial score (nSPS) is 25.3. The fraction of sp³-hybridized carbons (Fsp3) is 1.00. The van der Waals surface area contributed by atoms with E-state index in [0.717, 1.165) is 12.0 Å². The van der Waals surface area contributed by atoms with Crippen LogP contribution in [-0.2, 0) is 0 Å². The van der Waals surface area contributed by atoms with Crippen molar-refractivity contribution in [3.8, 4) is 0 Å². The van der Waals surface area contributed by atoms with Crippen molar-refractivity contribution in [3.63, 3.8) is 0 Å². The zero-order chi connectivity index (χ0) is 13.7. The van der Waals surface area contributed by atoms with E-state index in [0.29, 0.717) is 0 Å². The molecule has 0 N–H and O–H groups in total. The second-order valence-electron chi connectivity index (χ2n) is 6.48. The van der Waals surface area contributed by atoms with Gasteiger partial charge in [0.1, 0.15) is 0 Å². The van der Waals surface area contributed by atoms with Gasteiger partial charge in [0, 0.05) is 12.6 Å². The Balaban J connectivity index is 1.68. The highest BCUT2D eigenvalue weighted by molar-refractivity contribution is 4.81. The van der Waals surface area contributed by atoms with Crippen LogP contribution in [0.2, 0.25) is 0 Å². The summed E-state index contributed by atoms with van der Waals surface area (Å²) in [4.78, 5) is 7.85. The average molecular weight is 267 g/mol. The van der Waals surface area contributed by atoms with E-state index in [4.69, 9.17) is 0 Å². The van der Waals surface area contributed by atoms with E-state index in [-0.39, 0.29) is 0 Å². The summed E-state index contributed by atoms with van der Waals surface area (Å²) in [5.74, 6) is 0.942. The molecule has 2 aliphatic rings. The Hall–Kier alpha value is -0.120. The van der Waals surface area contributed by atoms with Crippen LogP contribution in [0.1, 0.15) is 39.5 Å². The summed E-state index contributed by atoms with van der Waals surface area (Å²) in [5.41, 5.74) is 0. The molecule has 0 radical (unpaired) electrons. The molecule has 112 valence electrons. The molecule has 0 aromatic heterocycles. The summed E-state index contributed by atoms with van der Waals surface area (Å²) in [7, 11) is 2.36. The van der Waals surface area contributed by atoms with Gasteiger partial charge in [0.15, 0.2) is 0 Å². The molecule has 0 saturated carbocycles. The van der Waals surface area contributed by atoms with Gasteiger partial charge in [0.25, 0.3) is 0 Å². The lowest BCUT2D eigenvalue weighted by atomic mass is 9.94. The molecular formula is C16H33N3. The Kier molecular flexibility index (Phi) is 6.11. The molecule has 0 aromatic rings. The van der Waals surface area contributed by atoms with Crippen molar-refractivity contribution in [1.29, 1.82) is 0 Å². The Bertz CT molecular complexity index is 240. The average Bonchev–Trinajstić information content (AvgIpc) is 2.48. The van der Waals surface area contributed by atoms with Gasteiger partial charge in [-0.25, -0.2) is 0 Å². The number of hydrogen-bond acceptors (Lipinski definition) is 3. The zero-order valence-electron chi connectivity index (χ0n) is 13.3. The topological polar surface area (TPSA) is 9.72 Å². The van der Waals surface area contributed by atoms with Crippen LogP contribution in [-0.4, -0.2) is 73.6 Å². The molecular weight excluding hydrogens is 234 g/mol. The van der Waals surface area contributed by atoms with Crippen LogP contribution in [0, 0.1) is 5.92 Å². The molecule has 3 heteroatoms. The summed E-state index contributed by atoms with van der Waals surface area (Å²) in [6.45, 7) is 13.6. The molecule has 0 unspecified atom stereocenters. The van der Waals surface area contributed by atoms with Crippen LogP contribution in [0.25, 0.3) is 0 Å². The monoisotopic (exact) mass is 267 g/mol. The third-order valence-corrected chi connectivity index (χ3v) is 5.33. The van der Waals surface area contributed by atoms with Gasteiger partial charge in [-0.1, -0.05) is 13.8 Å². The number of hydrogen-bond donors (Lipinski definition) is 0. The molecule has 2 rings (SSSR count). The van der Waals surface area contributed by atoms with E-state index in [1.54, 1.807) is 0 Å². The molecule has 0 bridgehead atoms. The molecule has 0 spiro atoms. The maximum Gasteiger partial charge on any atom is 0.0117 e. The fourth-order valence-electron chi connectivity index (χ4n) is 3.72. The van der Waals surface area contributed by atoms with Crippen LogP contribution < -0.4 is 0 Å². The second-order valence-corrected chi connectivity index (χ2v) is 6.48. The van der Waals surface area contributed by atoms with Crippen molar-refractivity contribution in [2.24, 2.45) is 5.92 Å². The third-order valence-electron chi connectivity index (χ3n) is 5.33. The van der Waals surface area contributed by atoms with Crippen LogP contribution in [0.5, 0.6) is 0 Å².